The number of esters is 1. The van der Waals surface area contributed by atoms with Gasteiger partial charge in [0.1, 0.15) is 0 Å². The summed E-state index contributed by atoms with van der Waals surface area (Å²) in [5.41, 5.74) is 0.849. The fourth-order valence-corrected chi connectivity index (χ4v) is 2.57. The Morgan fingerprint density at radius 2 is 2.11 bits per heavy atom. The Kier molecular flexibility index (Phi) is 6.21. The van der Waals surface area contributed by atoms with Gasteiger partial charge in [-0.2, -0.15) is 0 Å². The van der Waals surface area contributed by atoms with Crippen LogP contribution in [0.25, 0.3) is 0 Å². The van der Waals surface area contributed by atoms with Crippen LogP contribution >= 0.6 is 0 Å². The molecule has 0 heterocycles. The smallest absolute Gasteiger partial charge is 0.335 e. The Hall–Kier alpha value is -1.69. The Bertz CT molecular complexity index is 484. The van der Waals surface area contributed by atoms with Gasteiger partial charge >= 0.3 is 11.9 Å². The van der Waals surface area contributed by atoms with Gasteiger partial charge in [-0.3, -0.25) is 9.00 Å². The third kappa shape index (κ3) is 5.65. The number of carboxylic acids is 1. The Morgan fingerprint density at radius 3 is 2.74 bits per heavy atom. The Morgan fingerprint density at radius 1 is 1.37 bits per heavy atom. The maximum atomic E-state index is 11.8. The number of hydrogen-bond donors (Lipinski definition) is 1. The Balaban J connectivity index is 2.50. The highest BCUT2D eigenvalue weighted by Crippen LogP contribution is 2.08. The standard InChI is InChI=1S/C13H16O5S/c1-2-18-12(14)6-7-19(17)9-10-4-3-5-11(8-10)13(15)16/h3-5,8H,2,6-7,9H2,1H3,(H,15,16). The van der Waals surface area contributed by atoms with Crippen LogP contribution in [0.15, 0.2) is 24.3 Å². The molecule has 0 aromatic heterocycles. The number of carbonyl (C=O) groups excluding carboxylic acids is 1. The molecule has 1 unspecified atom stereocenters. The molecule has 0 aliphatic carbocycles. The fraction of sp³-hybridized carbons (Fsp3) is 0.385. The van der Waals surface area contributed by atoms with E-state index in [1.807, 2.05) is 0 Å². The topological polar surface area (TPSA) is 80.7 Å². The molecule has 1 rings (SSSR count). The molecule has 5 nitrogen and oxygen atoms in total. The van der Waals surface area contributed by atoms with E-state index in [2.05, 4.69) is 0 Å². The van der Waals surface area contributed by atoms with Crippen molar-refractivity contribution in [3.63, 3.8) is 0 Å². The molecule has 0 saturated carbocycles. The van der Waals surface area contributed by atoms with Gasteiger partial charge in [-0.25, -0.2) is 4.79 Å². The van der Waals surface area contributed by atoms with Crippen LogP contribution in [-0.4, -0.2) is 33.6 Å². The quantitative estimate of drug-likeness (QED) is 0.769. The zero-order valence-corrected chi connectivity index (χ0v) is 11.4. The van der Waals surface area contributed by atoms with Crippen molar-refractivity contribution in [2.45, 2.75) is 19.1 Å². The summed E-state index contributed by atoms with van der Waals surface area (Å²) in [7, 11) is -1.21. The van der Waals surface area contributed by atoms with Crippen LogP contribution in [0.3, 0.4) is 0 Å². The van der Waals surface area contributed by atoms with E-state index < -0.39 is 16.8 Å². The molecule has 19 heavy (non-hydrogen) atoms. The van der Waals surface area contributed by atoms with Crippen molar-refractivity contribution >= 4 is 22.7 Å². The van der Waals surface area contributed by atoms with Crippen LogP contribution in [-0.2, 0) is 26.1 Å². The SMILES string of the molecule is CCOC(=O)CCS(=O)Cc1cccc(C(=O)O)c1. The zero-order valence-electron chi connectivity index (χ0n) is 10.6. The summed E-state index contributed by atoms with van der Waals surface area (Å²) in [6.45, 7) is 2.03. The second-order valence-electron chi connectivity index (χ2n) is 3.85. The van der Waals surface area contributed by atoms with E-state index in [0.717, 1.165) is 0 Å². The highest BCUT2D eigenvalue weighted by molar-refractivity contribution is 7.84. The van der Waals surface area contributed by atoms with E-state index in [-0.39, 0.29) is 29.5 Å². The summed E-state index contributed by atoms with van der Waals surface area (Å²) in [6, 6.07) is 6.30. The number of carboxylic acid groups (broad SMARTS) is 1. The number of ether oxygens (including phenoxy) is 1. The molecule has 1 aromatic carbocycles. The highest BCUT2D eigenvalue weighted by atomic mass is 32.2. The first-order valence-corrected chi connectivity index (χ1v) is 7.34. The summed E-state index contributed by atoms with van der Waals surface area (Å²) in [5, 5.41) is 8.84. The van der Waals surface area contributed by atoms with Crippen molar-refractivity contribution < 1.29 is 23.6 Å². The molecule has 0 fully saturated rings. The van der Waals surface area contributed by atoms with E-state index in [1.54, 1.807) is 19.1 Å². The third-order valence-electron chi connectivity index (χ3n) is 2.34. The van der Waals surface area contributed by atoms with Crippen LogP contribution in [0.4, 0.5) is 0 Å². The molecule has 1 aromatic rings. The molecular formula is C13H16O5S. The lowest BCUT2D eigenvalue weighted by molar-refractivity contribution is -0.142. The molecule has 0 radical (unpaired) electrons. The van der Waals surface area contributed by atoms with E-state index >= 15 is 0 Å². The Labute approximate surface area is 114 Å². The van der Waals surface area contributed by atoms with Crippen molar-refractivity contribution in [3.05, 3.63) is 35.4 Å². The van der Waals surface area contributed by atoms with E-state index in [1.165, 1.54) is 12.1 Å². The predicted octanol–water partition coefficient (Wildman–Crippen LogP) is 1.59. The van der Waals surface area contributed by atoms with Crippen LogP contribution < -0.4 is 0 Å². The molecule has 1 N–H and O–H groups in total. The second kappa shape index (κ2) is 7.68. The molecule has 0 saturated heterocycles. The first-order valence-electron chi connectivity index (χ1n) is 5.85. The summed E-state index contributed by atoms with van der Waals surface area (Å²) < 4.78 is 16.5. The molecule has 0 aliphatic rings. The third-order valence-corrected chi connectivity index (χ3v) is 3.66. The molecule has 0 spiro atoms. The zero-order chi connectivity index (χ0) is 14.3. The van der Waals surface area contributed by atoms with Gasteiger partial charge in [0.2, 0.25) is 0 Å². The first kappa shape index (κ1) is 15.4. The van der Waals surface area contributed by atoms with Gasteiger partial charge in [0, 0.05) is 22.3 Å². The summed E-state index contributed by atoms with van der Waals surface area (Å²) in [4.78, 5) is 21.9. The van der Waals surface area contributed by atoms with E-state index in [9.17, 15) is 13.8 Å². The minimum absolute atomic E-state index is 0.110. The molecule has 6 heteroatoms. The van der Waals surface area contributed by atoms with Gasteiger partial charge in [0.05, 0.1) is 18.6 Å². The normalized spacial score (nSPS) is 11.8. The van der Waals surface area contributed by atoms with Crippen molar-refractivity contribution in [1.82, 2.24) is 0 Å². The number of carbonyl (C=O) groups is 2. The number of hydrogen-bond acceptors (Lipinski definition) is 4. The monoisotopic (exact) mass is 284 g/mol. The molecule has 0 bridgehead atoms. The van der Waals surface area contributed by atoms with E-state index in [4.69, 9.17) is 9.84 Å². The van der Waals surface area contributed by atoms with E-state index in [0.29, 0.717) is 12.2 Å². The molecule has 1 atom stereocenters. The minimum Gasteiger partial charge on any atom is -0.478 e. The van der Waals surface area contributed by atoms with Crippen LogP contribution in [0.2, 0.25) is 0 Å². The molecule has 0 amide bonds. The average molecular weight is 284 g/mol. The summed E-state index contributed by atoms with van der Waals surface area (Å²) in [5.74, 6) is -0.925. The van der Waals surface area contributed by atoms with Gasteiger partial charge in [0.15, 0.2) is 0 Å². The lowest BCUT2D eigenvalue weighted by atomic mass is 10.1. The lowest BCUT2D eigenvalue weighted by Crippen LogP contribution is -2.10. The fourth-order valence-electron chi connectivity index (χ4n) is 1.48. The molecule has 104 valence electrons. The van der Waals surface area contributed by atoms with Crippen molar-refractivity contribution in [3.8, 4) is 0 Å². The summed E-state index contributed by atoms with van der Waals surface area (Å²) in [6.07, 6.45) is 0.110. The number of benzene rings is 1. The van der Waals surface area contributed by atoms with Crippen LogP contribution in [0, 0.1) is 0 Å². The number of rotatable bonds is 7. The van der Waals surface area contributed by atoms with Gasteiger partial charge in [0.25, 0.3) is 0 Å². The lowest BCUT2D eigenvalue weighted by Gasteiger charge is -2.04. The van der Waals surface area contributed by atoms with Crippen molar-refractivity contribution in [1.29, 1.82) is 0 Å². The van der Waals surface area contributed by atoms with Crippen LogP contribution in [0.5, 0.6) is 0 Å². The predicted molar refractivity (Wildman–Crippen MR) is 71.4 cm³/mol. The average Bonchev–Trinajstić information content (AvgIpc) is 2.37. The summed E-state index contributed by atoms with van der Waals surface area (Å²) >= 11 is 0. The van der Waals surface area contributed by atoms with Gasteiger partial charge in [-0.1, -0.05) is 12.1 Å². The first-order chi connectivity index (χ1) is 9.02. The molecule has 0 aliphatic heterocycles. The van der Waals surface area contributed by atoms with Crippen molar-refractivity contribution in [2.75, 3.05) is 12.4 Å². The van der Waals surface area contributed by atoms with Gasteiger partial charge < -0.3 is 9.84 Å². The van der Waals surface area contributed by atoms with Gasteiger partial charge in [-0.05, 0) is 24.6 Å². The van der Waals surface area contributed by atoms with Gasteiger partial charge in [-0.15, -0.1) is 0 Å². The number of aromatic carboxylic acids is 1. The molecular weight excluding hydrogens is 268 g/mol. The largest absolute Gasteiger partial charge is 0.478 e. The van der Waals surface area contributed by atoms with Crippen LogP contribution in [0.1, 0.15) is 29.3 Å². The minimum atomic E-state index is -1.21. The maximum Gasteiger partial charge on any atom is 0.335 e. The highest BCUT2D eigenvalue weighted by Gasteiger charge is 2.09. The van der Waals surface area contributed by atoms with Crippen molar-refractivity contribution in [2.24, 2.45) is 0 Å². The second-order valence-corrected chi connectivity index (χ2v) is 5.43. The maximum absolute atomic E-state index is 11.8.